The van der Waals surface area contributed by atoms with Crippen molar-refractivity contribution in [3.63, 3.8) is 0 Å². The van der Waals surface area contributed by atoms with Gasteiger partial charge in [0.2, 0.25) is 0 Å². The molecule has 0 aliphatic rings. The summed E-state index contributed by atoms with van der Waals surface area (Å²) in [4.78, 5) is 0. The fraction of sp³-hybridized carbons (Fsp3) is 1.00. The van der Waals surface area contributed by atoms with Crippen molar-refractivity contribution in [1.29, 1.82) is 0 Å². The first-order chi connectivity index (χ1) is 4.74. The molecule has 0 radical (unpaired) electrons. The Morgan fingerprint density at radius 3 is 1.60 bits per heavy atom. The van der Waals surface area contributed by atoms with Gasteiger partial charge in [-0.05, 0) is 7.97 Å². The molecule has 0 aromatic rings. The zero-order chi connectivity index (χ0) is 8.04. The van der Waals surface area contributed by atoms with Crippen LogP contribution in [-0.2, 0) is 0 Å². The topological polar surface area (TPSA) is 0 Å². The van der Waals surface area contributed by atoms with Crippen molar-refractivity contribution in [3.05, 3.63) is 0 Å². The second-order valence-corrected chi connectivity index (χ2v) is 15.4. The van der Waals surface area contributed by atoms with Gasteiger partial charge in [-0.2, -0.15) is 0 Å². The molecule has 0 atom stereocenters. The smallest absolute Gasteiger partial charge is 0.110 e. The summed E-state index contributed by atoms with van der Waals surface area (Å²) in [6, 6.07) is 4.29. The van der Waals surface area contributed by atoms with Crippen LogP contribution < -0.4 is 0 Å². The average Bonchev–Trinajstić information content (AvgIpc) is 2.01. The Labute approximate surface area is 84.9 Å². The molecular weight excluding hydrogens is 291 g/mol. The highest BCUT2D eigenvalue weighted by molar-refractivity contribution is 14.2. The summed E-state index contributed by atoms with van der Waals surface area (Å²) in [6.07, 6.45) is 0. The third-order valence-corrected chi connectivity index (χ3v) is 18.9. The number of halogens is 1. The molecule has 0 saturated heterocycles. The monoisotopic (exact) mass is 306 g/mol. The van der Waals surface area contributed by atoms with E-state index in [2.05, 4.69) is 52.2 Å². The summed E-state index contributed by atoms with van der Waals surface area (Å²) in [6.45, 7) is 7.04. The zero-order valence-electron chi connectivity index (χ0n) is 6.82. The standard InChI is InChI=1S/C6H15IS2Si/c1-4-10(5-2,6-3)9-8-7/h4-6H2,1-3H3. The van der Waals surface area contributed by atoms with Crippen LogP contribution in [0, 0.1) is 0 Å². The maximum Gasteiger partial charge on any atom is 0.131 e. The molecule has 0 aromatic heterocycles. The van der Waals surface area contributed by atoms with E-state index in [9.17, 15) is 0 Å². The second-order valence-electron chi connectivity index (χ2n) is 2.39. The summed E-state index contributed by atoms with van der Waals surface area (Å²) >= 11 is 2.40. The first kappa shape index (κ1) is 11.6. The summed E-state index contributed by atoms with van der Waals surface area (Å²) in [5.74, 6) is 0. The SMILES string of the molecule is CC[Si](CC)(CC)SSI. The van der Waals surface area contributed by atoms with Gasteiger partial charge in [0.15, 0.2) is 0 Å². The molecule has 0 N–H and O–H groups in total. The van der Waals surface area contributed by atoms with E-state index in [-0.39, 0.29) is 0 Å². The summed E-state index contributed by atoms with van der Waals surface area (Å²) in [5.41, 5.74) is 0. The minimum Gasteiger partial charge on any atom is -0.110 e. The van der Waals surface area contributed by atoms with E-state index in [0.29, 0.717) is 0 Å². The summed E-state index contributed by atoms with van der Waals surface area (Å²) in [7, 11) is 3.25. The fourth-order valence-corrected chi connectivity index (χ4v) is 19.1. The number of rotatable bonds is 5. The molecule has 62 valence electrons. The van der Waals surface area contributed by atoms with Crippen LogP contribution in [0.3, 0.4) is 0 Å². The van der Waals surface area contributed by atoms with Crippen LogP contribution in [0.2, 0.25) is 18.1 Å². The molecule has 0 aromatic carbocycles. The predicted molar refractivity (Wildman–Crippen MR) is 66.4 cm³/mol. The molecule has 0 heterocycles. The highest BCUT2D eigenvalue weighted by Gasteiger charge is 2.27. The Morgan fingerprint density at radius 1 is 1.10 bits per heavy atom. The van der Waals surface area contributed by atoms with Gasteiger partial charge in [0.1, 0.15) is 7.22 Å². The van der Waals surface area contributed by atoms with E-state index < -0.39 is 7.22 Å². The van der Waals surface area contributed by atoms with Gasteiger partial charge in [0.05, 0.1) is 0 Å². The van der Waals surface area contributed by atoms with Crippen molar-refractivity contribution in [1.82, 2.24) is 0 Å². The lowest BCUT2D eigenvalue weighted by atomic mass is 10.9. The summed E-state index contributed by atoms with van der Waals surface area (Å²) in [5, 5.41) is 0. The van der Waals surface area contributed by atoms with Gasteiger partial charge >= 0.3 is 0 Å². The Balaban J connectivity index is 3.87. The minimum absolute atomic E-state index is 0.845. The molecule has 0 amide bonds. The predicted octanol–water partition coefficient (Wildman–Crippen LogP) is 4.72. The first-order valence-corrected chi connectivity index (χ1v) is 11.7. The molecule has 0 aliphatic heterocycles. The van der Waals surface area contributed by atoms with Gasteiger partial charge in [0, 0.05) is 21.2 Å². The molecule has 0 nitrogen and oxygen atoms in total. The molecule has 0 bridgehead atoms. The summed E-state index contributed by atoms with van der Waals surface area (Å²) < 4.78 is 0. The Kier molecular flexibility index (Phi) is 7.22. The lowest BCUT2D eigenvalue weighted by Gasteiger charge is -2.24. The molecule has 0 fully saturated rings. The maximum atomic E-state index is 2.40. The second kappa shape index (κ2) is 6.19. The Bertz CT molecular complexity index is 77.6. The van der Waals surface area contributed by atoms with Crippen molar-refractivity contribution < 1.29 is 0 Å². The molecular formula is C6H15IS2Si. The normalized spacial score (nSPS) is 12.0. The molecule has 4 heteroatoms. The van der Waals surface area contributed by atoms with E-state index in [0.717, 1.165) is 0 Å². The van der Waals surface area contributed by atoms with Crippen molar-refractivity contribution in [3.8, 4) is 0 Å². The van der Waals surface area contributed by atoms with Crippen LogP contribution in [0.4, 0.5) is 0 Å². The lowest BCUT2D eigenvalue weighted by molar-refractivity contribution is 1.22. The van der Waals surface area contributed by atoms with Gasteiger partial charge in [-0.1, -0.05) is 38.9 Å². The largest absolute Gasteiger partial charge is 0.131 e. The van der Waals surface area contributed by atoms with Crippen molar-refractivity contribution in [2.24, 2.45) is 0 Å². The van der Waals surface area contributed by atoms with Crippen molar-refractivity contribution >= 4 is 46.6 Å². The molecule has 0 unspecified atom stereocenters. The van der Waals surface area contributed by atoms with Crippen LogP contribution in [0.15, 0.2) is 0 Å². The van der Waals surface area contributed by atoms with Gasteiger partial charge in [-0.3, -0.25) is 0 Å². The quantitative estimate of drug-likeness (QED) is 0.409. The van der Waals surface area contributed by atoms with Gasteiger partial charge in [0.25, 0.3) is 0 Å². The molecule has 0 rings (SSSR count). The van der Waals surface area contributed by atoms with Crippen molar-refractivity contribution in [2.45, 2.75) is 38.9 Å². The first-order valence-electron chi connectivity index (χ1n) is 3.71. The van der Waals surface area contributed by atoms with Gasteiger partial charge in [-0.25, -0.2) is 0 Å². The number of hydrogen-bond acceptors (Lipinski definition) is 2. The fourth-order valence-electron chi connectivity index (χ4n) is 0.994. The van der Waals surface area contributed by atoms with Crippen molar-refractivity contribution in [2.75, 3.05) is 0 Å². The van der Waals surface area contributed by atoms with E-state index in [1.165, 1.54) is 18.1 Å². The van der Waals surface area contributed by atoms with Gasteiger partial charge < -0.3 is 0 Å². The maximum absolute atomic E-state index is 2.40. The minimum atomic E-state index is -0.845. The van der Waals surface area contributed by atoms with E-state index >= 15 is 0 Å². The average molecular weight is 306 g/mol. The molecule has 0 spiro atoms. The van der Waals surface area contributed by atoms with Crippen LogP contribution >= 0.6 is 39.4 Å². The van der Waals surface area contributed by atoms with Crippen LogP contribution in [0.25, 0.3) is 0 Å². The van der Waals surface area contributed by atoms with E-state index in [4.69, 9.17) is 0 Å². The zero-order valence-corrected chi connectivity index (χ0v) is 11.6. The van der Waals surface area contributed by atoms with Crippen LogP contribution in [0.1, 0.15) is 20.8 Å². The molecule has 10 heavy (non-hydrogen) atoms. The molecule has 0 aliphatic carbocycles. The van der Waals surface area contributed by atoms with Gasteiger partial charge in [-0.15, -0.1) is 10.2 Å². The third-order valence-electron chi connectivity index (χ3n) is 2.14. The Morgan fingerprint density at radius 2 is 1.50 bits per heavy atom. The lowest BCUT2D eigenvalue weighted by Crippen LogP contribution is -2.25. The van der Waals surface area contributed by atoms with E-state index in [1.54, 1.807) is 0 Å². The molecule has 0 saturated carbocycles. The van der Waals surface area contributed by atoms with E-state index in [1.807, 2.05) is 7.97 Å². The third kappa shape index (κ3) is 3.36. The van der Waals surface area contributed by atoms with Crippen LogP contribution in [-0.4, -0.2) is 7.22 Å². The highest BCUT2D eigenvalue weighted by atomic mass is 127. The highest BCUT2D eigenvalue weighted by Crippen LogP contribution is 2.43. The van der Waals surface area contributed by atoms with Crippen LogP contribution in [0.5, 0.6) is 0 Å². The number of hydrogen-bond donors (Lipinski definition) is 0. The Hall–Kier alpha value is 1.65.